The topological polar surface area (TPSA) is 96.3 Å². The third-order valence-corrected chi connectivity index (χ3v) is 14.6. The molecule has 2 aromatic rings. The van der Waals surface area contributed by atoms with Gasteiger partial charge in [0, 0.05) is 34.0 Å². The standard InChI is InChI=1S/C43H53NO6/c1-4-49-38(47)44(27-33-11-8-24-50-33)28-42(48)21-18-36-40(42,3)20-17-35-39(2)19-16-32(45)25-41(39)22-23-43(35,36)34(26-41)37(46)31-14-12-30(13-15-31)29-9-6-5-7-10-29/h5-7,9-10,12-15,22-23,26,32-33,35-36,45,48H,4,8,11,16-21,24-25,27-28H2,1-3H3. The van der Waals surface area contributed by atoms with Crippen LogP contribution in [0.3, 0.4) is 0 Å². The Morgan fingerprint density at radius 1 is 0.900 bits per heavy atom. The fourth-order valence-corrected chi connectivity index (χ4v) is 12.0. The highest BCUT2D eigenvalue weighted by atomic mass is 16.6. The summed E-state index contributed by atoms with van der Waals surface area (Å²) in [7, 11) is 0. The predicted octanol–water partition coefficient (Wildman–Crippen LogP) is 7.76. The van der Waals surface area contributed by atoms with Gasteiger partial charge < -0.3 is 24.6 Å². The number of aliphatic hydroxyl groups excluding tert-OH is 1. The predicted molar refractivity (Wildman–Crippen MR) is 192 cm³/mol. The molecule has 50 heavy (non-hydrogen) atoms. The number of fused-ring (bicyclic) bond motifs is 1. The largest absolute Gasteiger partial charge is 0.450 e. The van der Waals surface area contributed by atoms with E-state index in [2.05, 4.69) is 44.2 Å². The molecule has 9 unspecified atom stereocenters. The van der Waals surface area contributed by atoms with Crippen molar-refractivity contribution in [2.75, 3.05) is 26.3 Å². The van der Waals surface area contributed by atoms with Crippen LogP contribution in [0, 0.1) is 33.5 Å². The van der Waals surface area contributed by atoms with Gasteiger partial charge in [0.1, 0.15) is 0 Å². The summed E-state index contributed by atoms with van der Waals surface area (Å²) in [4.78, 5) is 30.1. The first-order valence-electron chi connectivity index (χ1n) is 19.1. The maximum atomic E-state index is 15.0. The molecular weight excluding hydrogens is 626 g/mol. The molecule has 1 amide bonds. The first-order chi connectivity index (χ1) is 24.0. The minimum atomic E-state index is -1.16. The molecule has 1 heterocycles. The van der Waals surface area contributed by atoms with Crippen LogP contribution >= 0.6 is 0 Å². The molecular formula is C43H53NO6. The number of carbonyl (C=O) groups excluding carboxylic acids is 2. The molecule has 7 aliphatic rings. The summed E-state index contributed by atoms with van der Waals surface area (Å²) in [6, 6.07) is 18.2. The van der Waals surface area contributed by atoms with Gasteiger partial charge in [-0.2, -0.15) is 0 Å². The van der Waals surface area contributed by atoms with E-state index in [1.807, 2.05) is 49.4 Å². The zero-order valence-electron chi connectivity index (χ0n) is 29.9. The molecule has 3 saturated carbocycles. The lowest BCUT2D eigenvalue weighted by molar-refractivity contribution is -0.175. The Morgan fingerprint density at radius 3 is 2.32 bits per heavy atom. The van der Waals surface area contributed by atoms with E-state index >= 15 is 4.79 Å². The molecule has 2 spiro atoms. The zero-order chi connectivity index (χ0) is 34.9. The highest BCUT2D eigenvalue weighted by Gasteiger charge is 2.74. The van der Waals surface area contributed by atoms with Crippen molar-refractivity contribution in [2.24, 2.45) is 33.5 Å². The van der Waals surface area contributed by atoms with Gasteiger partial charge in [-0.3, -0.25) is 4.79 Å². The summed E-state index contributed by atoms with van der Waals surface area (Å²) in [6.45, 7) is 7.99. The molecule has 7 nitrogen and oxygen atoms in total. The molecule has 7 heteroatoms. The maximum Gasteiger partial charge on any atom is 0.409 e. The van der Waals surface area contributed by atoms with Crippen molar-refractivity contribution in [1.29, 1.82) is 0 Å². The normalized spacial score (nSPS) is 39.7. The van der Waals surface area contributed by atoms with E-state index in [1.54, 1.807) is 4.90 Å². The number of amides is 1. The molecule has 1 aliphatic heterocycles. The van der Waals surface area contributed by atoms with Crippen LogP contribution in [0.2, 0.25) is 0 Å². The number of allylic oxidation sites excluding steroid dienone is 4. The number of carbonyl (C=O) groups is 2. The first-order valence-corrected chi connectivity index (χ1v) is 19.1. The molecule has 2 N–H and O–H groups in total. The van der Waals surface area contributed by atoms with Crippen molar-refractivity contribution in [1.82, 2.24) is 4.90 Å². The lowest BCUT2D eigenvalue weighted by Gasteiger charge is -2.71. The van der Waals surface area contributed by atoms with Crippen LogP contribution in [0.4, 0.5) is 4.79 Å². The van der Waals surface area contributed by atoms with Gasteiger partial charge in [-0.15, -0.1) is 0 Å². The number of aliphatic hydroxyl groups is 2. The Bertz CT molecular complexity index is 1700. The monoisotopic (exact) mass is 679 g/mol. The van der Waals surface area contributed by atoms with Gasteiger partial charge in [-0.05, 0) is 93.1 Å². The van der Waals surface area contributed by atoms with E-state index in [0.717, 1.165) is 61.6 Å². The minimum absolute atomic E-state index is 0.00235. The Morgan fingerprint density at radius 2 is 1.60 bits per heavy atom. The highest BCUT2D eigenvalue weighted by molar-refractivity contribution is 6.10. The fraction of sp³-hybridized carbons (Fsp3) is 0.581. The van der Waals surface area contributed by atoms with Crippen LogP contribution in [0.25, 0.3) is 11.1 Å². The number of ketones is 1. The molecule has 0 aromatic heterocycles. The summed E-state index contributed by atoms with van der Waals surface area (Å²) in [5.41, 5.74) is 0.923. The van der Waals surface area contributed by atoms with Crippen LogP contribution in [-0.4, -0.2) is 71.1 Å². The first kappa shape index (κ1) is 33.9. The van der Waals surface area contributed by atoms with E-state index in [-0.39, 0.29) is 42.3 Å². The quantitative estimate of drug-likeness (QED) is 0.219. The van der Waals surface area contributed by atoms with Gasteiger partial charge in [-0.1, -0.05) is 86.7 Å². The Hall–Kier alpha value is -3.26. The molecule has 1 saturated heterocycles. The molecule has 9 atom stereocenters. The number of hydrogen-bond acceptors (Lipinski definition) is 6. The van der Waals surface area contributed by atoms with Crippen LogP contribution in [0.1, 0.15) is 88.9 Å². The second-order valence-corrected chi connectivity index (χ2v) is 16.8. The molecule has 2 bridgehead atoms. The average Bonchev–Trinajstić information content (AvgIpc) is 3.73. The van der Waals surface area contributed by atoms with Gasteiger partial charge in [-0.25, -0.2) is 4.79 Å². The number of rotatable bonds is 8. The van der Waals surface area contributed by atoms with E-state index in [0.29, 0.717) is 31.6 Å². The Kier molecular flexibility index (Phi) is 8.24. The minimum Gasteiger partial charge on any atom is -0.450 e. The number of ether oxygens (including phenoxy) is 2. The summed E-state index contributed by atoms with van der Waals surface area (Å²) >= 11 is 0. The second kappa shape index (κ2) is 12.2. The van der Waals surface area contributed by atoms with Crippen molar-refractivity contribution in [2.45, 2.75) is 96.4 Å². The average molecular weight is 680 g/mol. The number of nitrogens with zero attached hydrogens (tertiary/aromatic N) is 1. The van der Waals surface area contributed by atoms with E-state index < -0.39 is 34.0 Å². The summed E-state index contributed by atoms with van der Waals surface area (Å²) in [5.74, 6) is 0.253. The van der Waals surface area contributed by atoms with Crippen molar-refractivity contribution < 1.29 is 29.3 Å². The van der Waals surface area contributed by atoms with Crippen LogP contribution < -0.4 is 0 Å². The number of Topliss-reactive ketones (excluding diaryl/α,β-unsaturated/α-hetero) is 1. The third-order valence-electron chi connectivity index (χ3n) is 14.6. The van der Waals surface area contributed by atoms with Gasteiger partial charge in [0.25, 0.3) is 0 Å². The maximum absolute atomic E-state index is 15.0. The molecule has 0 radical (unpaired) electrons. The Balaban J connectivity index is 1.19. The lowest BCUT2D eigenvalue weighted by atomic mass is 9.32. The summed E-state index contributed by atoms with van der Waals surface area (Å²) in [6.07, 6.45) is 13.2. The van der Waals surface area contributed by atoms with Gasteiger partial charge >= 0.3 is 6.09 Å². The van der Waals surface area contributed by atoms with Crippen molar-refractivity contribution in [3.05, 3.63) is 84.0 Å². The molecule has 266 valence electrons. The SMILES string of the molecule is CCOC(=O)N(CC1CCCO1)CC1(O)CCC2C34C=CC5(C=C3C(=O)c3ccc(-c6ccccc6)cc3)CC(O)CCC5(C)C4CCC21C. The van der Waals surface area contributed by atoms with Crippen molar-refractivity contribution in [3.63, 3.8) is 0 Å². The fourth-order valence-electron chi connectivity index (χ4n) is 12.0. The van der Waals surface area contributed by atoms with Crippen LogP contribution in [-0.2, 0) is 9.47 Å². The van der Waals surface area contributed by atoms with Crippen molar-refractivity contribution >= 4 is 11.9 Å². The van der Waals surface area contributed by atoms with Gasteiger partial charge in [0.15, 0.2) is 5.78 Å². The third kappa shape index (κ3) is 4.86. The smallest absolute Gasteiger partial charge is 0.409 e. The zero-order valence-corrected chi connectivity index (χ0v) is 29.9. The van der Waals surface area contributed by atoms with E-state index in [1.165, 1.54) is 0 Å². The van der Waals surface area contributed by atoms with Gasteiger partial charge in [0.2, 0.25) is 0 Å². The van der Waals surface area contributed by atoms with Crippen molar-refractivity contribution in [3.8, 4) is 11.1 Å². The second-order valence-electron chi connectivity index (χ2n) is 16.8. The summed E-state index contributed by atoms with van der Waals surface area (Å²) in [5, 5.41) is 23.9. The van der Waals surface area contributed by atoms with E-state index in [9.17, 15) is 15.0 Å². The highest BCUT2D eigenvalue weighted by Crippen LogP contribution is 2.78. The molecule has 6 aliphatic carbocycles. The number of hydrogen-bond donors (Lipinski definition) is 2. The number of benzene rings is 2. The van der Waals surface area contributed by atoms with E-state index in [4.69, 9.17) is 9.47 Å². The van der Waals surface area contributed by atoms with Gasteiger partial charge in [0.05, 0.1) is 37.5 Å². The summed E-state index contributed by atoms with van der Waals surface area (Å²) < 4.78 is 11.5. The molecule has 2 aromatic carbocycles. The molecule has 9 rings (SSSR count). The molecule has 4 fully saturated rings. The van der Waals surface area contributed by atoms with Crippen LogP contribution in [0.15, 0.2) is 78.4 Å². The Labute approximate surface area is 296 Å². The van der Waals surface area contributed by atoms with Crippen LogP contribution in [0.5, 0.6) is 0 Å². The lowest BCUT2D eigenvalue weighted by Crippen LogP contribution is -2.67.